The van der Waals surface area contributed by atoms with Crippen molar-refractivity contribution in [2.24, 2.45) is 7.05 Å². The summed E-state index contributed by atoms with van der Waals surface area (Å²) in [6, 6.07) is 7.95. The minimum Gasteiger partial charge on any atom is -0.354 e. The Kier molecular flexibility index (Phi) is 5.76. The number of anilines is 1. The molecule has 0 aromatic carbocycles. The summed E-state index contributed by atoms with van der Waals surface area (Å²) in [4.78, 5) is 25.5. The molecule has 0 N–H and O–H groups in total. The number of thiophene rings is 1. The van der Waals surface area contributed by atoms with Crippen molar-refractivity contribution in [2.75, 3.05) is 31.1 Å². The Balaban J connectivity index is 1.49. The molecule has 1 saturated heterocycles. The smallest absolute Gasteiger partial charge is 0.354 e. The number of aryl methyl sites for hydroxylation is 1. The zero-order valence-electron chi connectivity index (χ0n) is 18.4. The van der Waals surface area contributed by atoms with Gasteiger partial charge in [0.05, 0.1) is 5.52 Å². The topological polar surface area (TPSA) is 54.3 Å². The second kappa shape index (κ2) is 8.75. The number of pyridine rings is 2. The van der Waals surface area contributed by atoms with Crippen LogP contribution in [0.1, 0.15) is 22.6 Å². The molecule has 5 rings (SSSR count). The van der Waals surface area contributed by atoms with Gasteiger partial charge in [-0.05, 0) is 53.1 Å². The molecule has 6 nitrogen and oxygen atoms in total. The number of alkyl halides is 3. The van der Waals surface area contributed by atoms with Gasteiger partial charge >= 0.3 is 6.18 Å². The number of carbonyl (C=O) groups is 1. The van der Waals surface area contributed by atoms with E-state index in [-0.39, 0.29) is 11.4 Å². The Morgan fingerprint density at radius 3 is 2.65 bits per heavy atom. The monoisotopic (exact) mass is 485 g/mol. The first-order chi connectivity index (χ1) is 16.3. The Hall–Kier alpha value is -3.40. The first-order valence-corrected chi connectivity index (χ1v) is 11.8. The first-order valence-electron chi connectivity index (χ1n) is 10.9. The third-order valence-corrected chi connectivity index (χ3v) is 6.76. The van der Waals surface area contributed by atoms with Crippen molar-refractivity contribution in [3.63, 3.8) is 0 Å². The van der Waals surface area contributed by atoms with Crippen molar-refractivity contribution in [3.8, 4) is 11.1 Å². The number of halogens is 3. The van der Waals surface area contributed by atoms with Crippen molar-refractivity contribution in [1.82, 2.24) is 19.4 Å². The predicted octanol–water partition coefficient (Wildman–Crippen LogP) is 5.07. The third-order valence-electron chi connectivity index (χ3n) is 6.08. The molecule has 4 aromatic rings. The Labute approximate surface area is 198 Å². The zero-order chi connectivity index (χ0) is 23.9. The predicted molar refractivity (Wildman–Crippen MR) is 126 cm³/mol. The first kappa shape index (κ1) is 22.4. The number of nitrogens with zero attached hydrogens (tertiary/aromatic N) is 5. The van der Waals surface area contributed by atoms with Gasteiger partial charge in [-0.15, -0.1) is 0 Å². The van der Waals surface area contributed by atoms with Crippen LogP contribution in [-0.2, 0) is 13.2 Å². The van der Waals surface area contributed by atoms with Gasteiger partial charge in [0, 0.05) is 56.6 Å². The average Bonchev–Trinajstić information content (AvgIpc) is 3.44. The van der Waals surface area contributed by atoms with Crippen LogP contribution in [0.3, 0.4) is 0 Å². The van der Waals surface area contributed by atoms with Gasteiger partial charge in [0.25, 0.3) is 5.91 Å². The molecule has 0 atom stereocenters. The fourth-order valence-electron chi connectivity index (χ4n) is 4.32. The van der Waals surface area contributed by atoms with Gasteiger partial charge in [-0.2, -0.15) is 24.5 Å². The lowest BCUT2D eigenvalue weighted by Gasteiger charge is -2.24. The number of fused-ring (bicyclic) bond motifs is 1. The summed E-state index contributed by atoms with van der Waals surface area (Å²) >= 11 is 1.46. The lowest BCUT2D eigenvalue weighted by Crippen LogP contribution is -2.36. The average molecular weight is 486 g/mol. The van der Waals surface area contributed by atoms with E-state index in [1.54, 1.807) is 16.8 Å². The maximum absolute atomic E-state index is 13.4. The fraction of sp³-hybridized carbons (Fsp3) is 0.292. The van der Waals surface area contributed by atoms with Crippen LogP contribution in [0, 0.1) is 0 Å². The Morgan fingerprint density at radius 1 is 1.09 bits per heavy atom. The third kappa shape index (κ3) is 4.13. The van der Waals surface area contributed by atoms with E-state index in [0.717, 1.165) is 18.1 Å². The van der Waals surface area contributed by atoms with Crippen LogP contribution in [0.4, 0.5) is 19.0 Å². The highest BCUT2D eigenvalue weighted by Gasteiger charge is 2.33. The van der Waals surface area contributed by atoms with E-state index in [2.05, 4.69) is 9.97 Å². The molecule has 34 heavy (non-hydrogen) atoms. The lowest BCUT2D eigenvalue weighted by molar-refractivity contribution is -0.140. The second-order valence-electron chi connectivity index (χ2n) is 8.24. The van der Waals surface area contributed by atoms with Crippen LogP contribution in [0.5, 0.6) is 0 Å². The van der Waals surface area contributed by atoms with E-state index < -0.39 is 11.9 Å². The van der Waals surface area contributed by atoms with Crippen molar-refractivity contribution < 1.29 is 18.0 Å². The van der Waals surface area contributed by atoms with Crippen LogP contribution in [0.2, 0.25) is 0 Å². The van der Waals surface area contributed by atoms with Gasteiger partial charge in [-0.1, -0.05) is 0 Å². The minimum absolute atomic E-state index is 0.0311. The molecule has 1 amide bonds. The van der Waals surface area contributed by atoms with E-state index in [1.165, 1.54) is 17.4 Å². The highest BCUT2D eigenvalue weighted by molar-refractivity contribution is 7.08. The molecule has 5 heterocycles. The molecule has 0 spiro atoms. The van der Waals surface area contributed by atoms with Crippen LogP contribution < -0.4 is 4.90 Å². The Morgan fingerprint density at radius 2 is 1.94 bits per heavy atom. The quantitative estimate of drug-likeness (QED) is 0.407. The van der Waals surface area contributed by atoms with E-state index in [1.807, 2.05) is 45.9 Å². The number of aromatic nitrogens is 3. The minimum atomic E-state index is -4.54. The van der Waals surface area contributed by atoms with Crippen LogP contribution in [0.15, 0.2) is 53.5 Å². The maximum atomic E-state index is 13.4. The molecule has 0 unspecified atom stereocenters. The highest BCUT2D eigenvalue weighted by Crippen LogP contribution is 2.36. The van der Waals surface area contributed by atoms with E-state index in [0.29, 0.717) is 48.6 Å². The molecule has 1 aliphatic heterocycles. The summed E-state index contributed by atoms with van der Waals surface area (Å²) in [6.07, 6.45) is -0.376. The van der Waals surface area contributed by atoms with Crippen molar-refractivity contribution >= 4 is 34.0 Å². The molecule has 0 bridgehead atoms. The summed E-state index contributed by atoms with van der Waals surface area (Å²) in [5.74, 6) is 0.555. The van der Waals surface area contributed by atoms with E-state index >= 15 is 0 Å². The van der Waals surface area contributed by atoms with Gasteiger partial charge in [0.2, 0.25) is 0 Å². The number of hydrogen-bond donors (Lipinski definition) is 0. The van der Waals surface area contributed by atoms with Crippen molar-refractivity contribution in [1.29, 1.82) is 0 Å². The molecule has 0 saturated carbocycles. The molecular formula is C24H22F3N5OS. The second-order valence-corrected chi connectivity index (χ2v) is 9.02. The number of carbonyl (C=O) groups excluding carboxylic acids is 1. The lowest BCUT2D eigenvalue weighted by atomic mass is 10.1. The van der Waals surface area contributed by atoms with E-state index in [4.69, 9.17) is 0 Å². The molecule has 10 heteroatoms. The molecular weight excluding hydrogens is 463 g/mol. The van der Waals surface area contributed by atoms with Crippen molar-refractivity contribution in [3.05, 3.63) is 64.9 Å². The Bertz CT molecular complexity index is 1330. The van der Waals surface area contributed by atoms with Gasteiger partial charge in [-0.3, -0.25) is 4.79 Å². The molecule has 0 aliphatic carbocycles. The summed E-state index contributed by atoms with van der Waals surface area (Å²) in [5, 5.41) is 4.31. The van der Waals surface area contributed by atoms with Gasteiger partial charge in [-0.25, -0.2) is 9.97 Å². The summed E-state index contributed by atoms with van der Waals surface area (Å²) in [6.45, 7) is 2.25. The molecule has 1 aliphatic rings. The zero-order valence-corrected chi connectivity index (χ0v) is 19.2. The summed E-state index contributed by atoms with van der Waals surface area (Å²) in [7, 11) is 1.84. The highest BCUT2D eigenvalue weighted by atomic mass is 32.1. The number of rotatable bonds is 3. The van der Waals surface area contributed by atoms with E-state index in [9.17, 15) is 18.0 Å². The van der Waals surface area contributed by atoms with Crippen LogP contribution >= 0.6 is 11.3 Å². The summed E-state index contributed by atoms with van der Waals surface area (Å²) in [5.41, 5.74) is 1.33. The molecule has 0 radical (unpaired) electrons. The fourth-order valence-corrected chi connectivity index (χ4v) is 4.97. The molecule has 1 fully saturated rings. The molecule has 176 valence electrons. The summed E-state index contributed by atoms with van der Waals surface area (Å²) < 4.78 is 42.1. The SMILES string of the molecule is Cn1cccc1C(=O)N1CCCN(c2ncc(-c3ccsc3)c3nc(C(F)(F)F)ccc23)CC1. The van der Waals surface area contributed by atoms with Gasteiger partial charge in [0.1, 0.15) is 17.2 Å². The number of hydrogen-bond acceptors (Lipinski definition) is 5. The largest absolute Gasteiger partial charge is 0.433 e. The normalized spacial score (nSPS) is 15.1. The van der Waals surface area contributed by atoms with Crippen LogP contribution in [0.25, 0.3) is 22.0 Å². The van der Waals surface area contributed by atoms with Gasteiger partial charge in [0.15, 0.2) is 0 Å². The maximum Gasteiger partial charge on any atom is 0.433 e. The van der Waals surface area contributed by atoms with Gasteiger partial charge < -0.3 is 14.4 Å². The standard InChI is InChI=1S/C24H22F3N5OS/c1-30-8-2-4-19(30)23(33)32-10-3-9-31(11-12-32)22-17-5-6-20(24(25,26)27)29-21(17)18(14-28-22)16-7-13-34-15-16/h2,4-8,13-15H,3,9-12H2,1H3. The van der Waals surface area contributed by atoms with Crippen molar-refractivity contribution in [2.45, 2.75) is 12.6 Å². The van der Waals surface area contributed by atoms with Crippen LogP contribution in [-0.4, -0.2) is 51.5 Å². The molecule has 4 aromatic heterocycles. The number of amides is 1.